The lowest BCUT2D eigenvalue weighted by atomic mass is 9.96. The maximum atomic E-state index is 12.7. The molecule has 1 aliphatic rings. The summed E-state index contributed by atoms with van der Waals surface area (Å²) in [5.74, 6) is 0.353. The number of rotatable bonds is 8. The van der Waals surface area contributed by atoms with E-state index in [0.717, 1.165) is 31.5 Å². The molecule has 0 amide bonds. The molecule has 10 heteroatoms. The van der Waals surface area contributed by atoms with Gasteiger partial charge in [-0.25, -0.2) is 13.1 Å². The lowest BCUT2D eigenvalue weighted by Gasteiger charge is -2.36. The third-order valence-corrected chi connectivity index (χ3v) is 7.25. The highest BCUT2D eigenvalue weighted by Gasteiger charge is 2.29. The van der Waals surface area contributed by atoms with Crippen molar-refractivity contribution in [2.45, 2.75) is 50.6 Å². The minimum atomic E-state index is -3.86. The number of nitrogens with one attached hydrogen (secondary N) is 1. The van der Waals surface area contributed by atoms with E-state index in [-0.39, 0.29) is 10.6 Å². The molecule has 1 saturated heterocycles. The Morgan fingerprint density at radius 3 is 2.70 bits per heavy atom. The third-order valence-electron chi connectivity index (χ3n) is 5.50. The van der Waals surface area contributed by atoms with Crippen molar-refractivity contribution in [1.29, 1.82) is 0 Å². The SMILES string of the molecule is CN(Cc1cccnc1)C[C@H]1CCCN(c2ccc(S(=O)(=O)NC(C)(C)C)cc2[N+](=O)[O-])C1. The standard InChI is InChI=1S/C23H33N5O4S/c1-23(2,3)25-33(31,32)20-9-10-21(22(13-20)28(29)30)27-12-6-8-19(17-27)16-26(4)15-18-7-5-11-24-14-18/h5,7,9-11,13-14,19,25H,6,8,12,15-17H2,1-4H3/t19-/m1/s1. The van der Waals surface area contributed by atoms with E-state index in [0.29, 0.717) is 24.7 Å². The van der Waals surface area contributed by atoms with Crippen LogP contribution >= 0.6 is 0 Å². The molecule has 0 saturated carbocycles. The summed E-state index contributed by atoms with van der Waals surface area (Å²) in [5, 5.41) is 11.8. The van der Waals surface area contributed by atoms with Crippen molar-refractivity contribution in [2.75, 3.05) is 31.6 Å². The van der Waals surface area contributed by atoms with Crippen molar-refractivity contribution in [1.82, 2.24) is 14.6 Å². The van der Waals surface area contributed by atoms with Crippen molar-refractivity contribution in [2.24, 2.45) is 5.92 Å². The fourth-order valence-electron chi connectivity index (χ4n) is 4.29. The molecule has 0 aliphatic carbocycles. The number of pyridine rings is 1. The molecule has 1 aliphatic heterocycles. The Hall–Kier alpha value is -2.56. The predicted molar refractivity (Wildman–Crippen MR) is 129 cm³/mol. The van der Waals surface area contributed by atoms with Gasteiger partial charge in [0.25, 0.3) is 5.69 Å². The minimum absolute atomic E-state index is 0.0994. The lowest BCUT2D eigenvalue weighted by Crippen LogP contribution is -2.41. The molecule has 0 unspecified atom stereocenters. The van der Waals surface area contributed by atoms with E-state index in [9.17, 15) is 18.5 Å². The number of nitro benzene ring substituents is 1. The van der Waals surface area contributed by atoms with Gasteiger partial charge >= 0.3 is 0 Å². The summed E-state index contributed by atoms with van der Waals surface area (Å²) in [6.07, 6.45) is 5.58. The largest absolute Gasteiger partial charge is 0.366 e. The van der Waals surface area contributed by atoms with Crippen LogP contribution in [0.2, 0.25) is 0 Å². The highest BCUT2D eigenvalue weighted by atomic mass is 32.2. The van der Waals surface area contributed by atoms with Crippen LogP contribution in [0, 0.1) is 16.0 Å². The quantitative estimate of drug-likeness (QED) is 0.460. The van der Waals surface area contributed by atoms with Gasteiger partial charge in [0.1, 0.15) is 5.69 Å². The second kappa shape index (κ2) is 10.1. The van der Waals surface area contributed by atoms with Gasteiger partial charge in [0, 0.05) is 50.2 Å². The molecule has 1 atom stereocenters. The fraction of sp³-hybridized carbons (Fsp3) is 0.522. The van der Waals surface area contributed by atoms with E-state index in [1.165, 1.54) is 12.1 Å². The van der Waals surface area contributed by atoms with Gasteiger partial charge < -0.3 is 9.80 Å². The van der Waals surface area contributed by atoms with Crippen LogP contribution in [0.15, 0.2) is 47.6 Å². The van der Waals surface area contributed by atoms with Gasteiger partial charge in [-0.05, 0) is 70.3 Å². The lowest BCUT2D eigenvalue weighted by molar-refractivity contribution is -0.384. The molecule has 1 aromatic carbocycles. The van der Waals surface area contributed by atoms with Crippen molar-refractivity contribution in [3.8, 4) is 0 Å². The normalized spacial score (nSPS) is 17.4. The van der Waals surface area contributed by atoms with Crippen LogP contribution in [-0.4, -0.2) is 55.4 Å². The van der Waals surface area contributed by atoms with Gasteiger partial charge in [-0.15, -0.1) is 0 Å². The molecule has 1 aromatic heterocycles. The second-order valence-corrected chi connectivity index (χ2v) is 11.5. The minimum Gasteiger partial charge on any atom is -0.366 e. The Morgan fingerprint density at radius 1 is 1.30 bits per heavy atom. The van der Waals surface area contributed by atoms with Crippen molar-refractivity contribution in [3.05, 3.63) is 58.4 Å². The molecule has 180 valence electrons. The molecule has 33 heavy (non-hydrogen) atoms. The summed E-state index contributed by atoms with van der Waals surface area (Å²) in [4.78, 5) is 19.7. The monoisotopic (exact) mass is 475 g/mol. The van der Waals surface area contributed by atoms with E-state index in [4.69, 9.17) is 0 Å². The Kier molecular flexibility index (Phi) is 7.71. The number of hydrogen-bond donors (Lipinski definition) is 1. The molecule has 1 fully saturated rings. The number of piperidine rings is 1. The highest BCUT2D eigenvalue weighted by Crippen LogP contribution is 2.34. The average molecular weight is 476 g/mol. The van der Waals surface area contributed by atoms with Crippen molar-refractivity contribution >= 4 is 21.4 Å². The number of nitro groups is 1. The maximum absolute atomic E-state index is 12.7. The first kappa shape index (κ1) is 25.1. The van der Waals surface area contributed by atoms with E-state index < -0.39 is 20.5 Å². The zero-order chi connectivity index (χ0) is 24.2. The Labute approximate surface area is 196 Å². The van der Waals surface area contributed by atoms with Crippen LogP contribution < -0.4 is 9.62 Å². The Bertz CT molecular complexity index is 1070. The van der Waals surface area contributed by atoms with Gasteiger partial charge in [-0.3, -0.25) is 15.1 Å². The summed E-state index contributed by atoms with van der Waals surface area (Å²) < 4.78 is 27.9. The summed E-state index contributed by atoms with van der Waals surface area (Å²) in [7, 11) is -1.80. The van der Waals surface area contributed by atoms with E-state index >= 15 is 0 Å². The first-order chi connectivity index (χ1) is 15.4. The topological polar surface area (TPSA) is 109 Å². The van der Waals surface area contributed by atoms with Crippen LogP contribution in [0.5, 0.6) is 0 Å². The molecule has 0 radical (unpaired) electrons. The van der Waals surface area contributed by atoms with E-state index in [1.54, 1.807) is 33.0 Å². The fourth-order valence-corrected chi connectivity index (χ4v) is 5.73. The third kappa shape index (κ3) is 6.96. The second-order valence-electron chi connectivity index (χ2n) is 9.78. The zero-order valence-corrected chi connectivity index (χ0v) is 20.5. The Balaban J connectivity index is 1.75. The van der Waals surface area contributed by atoms with Gasteiger partial charge in [0.2, 0.25) is 10.0 Å². The highest BCUT2D eigenvalue weighted by molar-refractivity contribution is 7.89. The molecule has 0 spiro atoms. The van der Waals surface area contributed by atoms with Gasteiger partial charge in [-0.2, -0.15) is 0 Å². The zero-order valence-electron chi connectivity index (χ0n) is 19.7. The molecule has 9 nitrogen and oxygen atoms in total. The molecular formula is C23H33N5O4S. The number of nitrogens with zero attached hydrogens (tertiary/aromatic N) is 4. The number of aromatic nitrogens is 1. The molecule has 0 bridgehead atoms. The van der Waals surface area contributed by atoms with Crippen LogP contribution in [0.3, 0.4) is 0 Å². The van der Waals surface area contributed by atoms with Crippen LogP contribution in [0.25, 0.3) is 0 Å². The summed E-state index contributed by atoms with van der Waals surface area (Å²) in [6.45, 7) is 8.23. The predicted octanol–water partition coefficient (Wildman–Crippen LogP) is 3.42. The number of sulfonamides is 1. The first-order valence-electron chi connectivity index (χ1n) is 11.1. The maximum Gasteiger partial charge on any atom is 0.293 e. The number of anilines is 1. The molecule has 3 rings (SSSR count). The summed E-state index contributed by atoms with van der Waals surface area (Å²) in [6, 6.07) is 8.16. The van der Waals surface area contributed by atoms with Crippen molar-refractivity contribution < 1.29 is 13.3 Å². The molecule has 1 N–H and O–H groups in total. The van der Waals surface area contributed by atoms with Crippen LogP contribution in [-0.2, 0) is 16.6 Å². The first-order valence-corrected chi connectivity index (χ1v) is 12.6. The number of benzene rings is 1. The molecule has 2 heterocycles. The van der Waals surface area contributed by atoms with Gasteiger partial charge in [-0.1, -0.05) is 6.07 Å². The Morgan fingerprint density at radius 2 is 2.06 bits per heavy atom. The number of hydrogen-bond acceptors (Lipinski definition) is 7. The smallest absolute Gasteiger partial charge is 0.293 e. The van der Waals surface area contributed by atoms with E-state index in [2.05, 4.69) is 21.7 Å². The van der Waals surface area contributed by atoms with Crippen molar-refractivity contribution in [3.63, 3.8) is 0 Å². The molecule has 2 aromatic rings. The summed E-state index contributed by atoms with van der Waals surface area (Å²) in [5.41, 5.74) is 0.739. The summed E-state index contributed by atoms with van der Waals surface area (Å²) >= 11 is 0. The van der Waals surface area contributed by atoms with Crippen LogP contribution in [0.1, 0.15) is 39.2 Å². The van der Waals surface area contributed by atoms with Gasteiger partial charge in [0.15, 0.2) is 0 Å². The van der Waals surface area contributed by atoms with E-state index in [1.807, 2.05) is 23.2 Å². The van der Waals surface area contributed by atoms with Gasteiger partial charge in [0.05, 0.1) is 9.82 Å². The molecular weight excluding hydrogens is 442 g/mol. The average Bonchev–Trinajstić information content (AvgIpc) is 2.72. The van der Waals surface area contributed by atoms with Crippen LogP contribution in [0.4, 0.5) is 11.4 Å².